The summed E-state index contributed by atoms with van der Waals surface area (Å²) in [4.78, 5) is 0. The van der Waals surface area contributed by atoms with Crippen molar-refractivity contribution >= 4 is 53.1 Å². The van der Waals surface area contributed by atoms with Crippen molar-refractivity contribution < 1.29 is 190 Å². The summed E-state index contributed by atoms with van der Waals surface area (Å²) in [5, 5.41) is 0. The molecule has 0 unspecified atom stereocenters. The molecule has 0 N–H and O–H groups in total. The molecule has 386 valence electrons. The first-order chi connectivity index (χ1) is 26.1. The Labute approximate surface area is 397 Å². The molecule has 0 aliphatic rings. The van der Waals surface area contributed by atoms with E-state index in [4.69, 9.17) is 0 Å². The fourth-order valence-corrected chi connectivity index (χ4v) is 2.72. The number of halogens is 27. The van der Waals surface area contributed by atoms with Crippen LogP contribution in [0.3, 0.4) is 0 Å². The van der Waals surface area contributed by atoms with Crippen LogP contribution in [0, 0.1) is 0 Å². The Balaban J connectivity index is -0.000000157. The van der Waals surface area contributed by atoms with Crippen molar-refractivity contribution in [3.8, 4) is 0 Å². The third-order valence-electron chi connectivity index (χ3n) is 5.06. The molecule has 0 amide bonds. The van der Waals surface area contributed by atoms with Crippen molar-refractivity contribution in [2.24, 2.45) is 0 Å². The zero-order valence-corrected chi connectivity index (χ0v) is 37.9. The molecule has 0 aliphatic heterocycles. The summed E-state index contributed by atoms with van der Waals surface area (Å²) in [6, 6.07) is 0. The first kappa shape index (κ1) is 84.3. The third kappa shape index (κ3) is 39.3. The van der Waals surface area contributed by atoms with E-state index in [0.717, 1.165) is 0 Å². The number of rotatable bonds is 17. The Kier molecular flexibility index (Phi) is 47.9. The van der Waals surface area contributed by atoms with Crippen molar-refractivity contribution in [1.82, 2.24) is 0 Å². The van der Waals surface area contributed by atoms with Crippen LogP contribution in [0.1, 0.15) is 0 Å². The fourth-order valence-electron chi connectivity index (χ4n) is 2.72. The molecule has 0 aromatic rings. The van der Waals surface area contributed by atoms with Crippen LogP contribution in [-0.4, -0.2) is 209 Å². The number of ether oxygens (including phenoxy) is 6. The molecule has 10 nitrogen and oxygen atoms in total. The summed E-state index contributed by atoms with van der Waals surface area (Å²) in [7, 11) is 9.91. The largest absolute Gasteiger partial charge is 2.00 e. The van der Waals surface area contributed by atoms with E-state index in [-0.39, 0.29) is 83.3 Å². The molecule has 0 bridgehead atoms. The van der Waals surface area contributed by atoms with E-state index in [1.807, 2.05) is 0 Å². The predicted molar refractivity (Wildman–Crippen MR) is 156 cm³/mol. The minimum absolute atomic E-state index is 0. The first-order valence-corrected chi connectivity index (χ1v) is 14.4. The maximum absolute atomic E-state index is 12.8. The average Bonchev–Trinajstić information content (AvgIpc) is 3.01. The van der Waals surface area contributed by atoms with Crippen LogP contribution >= 0.6 is 0 Å². The van der Waals surface area contributed by atoms with Gasteiger partial charge in [0.2, 0.25) is 24.4 Å². The molecule has 0 radical (unpaired) electrons. The molecule has 40 heteroatoms. The van der Waals surface area contributed by atoms with Gasteiger partial charge in [0.05, 0.1) is 39.6 Å². The summed E-state index contributed by atoms with van der Waals surface area (Å²) in [5.74, 6) is 0. The molecule has 0 spiro atoms. The van der Waals surface area contributed by atoms with Gasteiger partial charge in [-0.05, 0) is 0 Å². The second-order valence-electron chi connectivity index (χ2n) is 9.93. The quantitative estimate of drug-likeness (QED) is 0.0981. The normalized spacial score (nSPS) is 12.8. The minimum Gasteiger partial charge on any atom is -1.00 e. The molecular formula is C24H34BCl3F24Mg2O10. The van der Waals surface area contributed by atoms with Gasteiger partial charge in [-0.3, -0.25) is 0 Å². The molecule has 0 aromatic carbocycles. The van der Waals surface area contributed by atoms with E-state index in [1.54, 1.807) is 42.7 Å². The van der Waals surface area contributed by atoms with E-state index in [1.165, 1.54) is 0 Å². The maximum Gasteiger partial charge on any atom is 2.00 e. The topological polar surface area (TPSA) is 92.3 Å². The van der Waals surface area contributed by atoms with Crippen molar-refractivity contribution in [2.45, 2.75) is 73.8 Å². The van der Waals surface area contributed by atoms with Crippen LogP contribution < -0.4 is 37.2 Å². The third-order valence-corrected chi connectivity index (χ3v) is 5.06. The Morgan fingerprint density at radius 1 is 0.266 bits per heavy atom. The van der Waals surface area contributed by atoms with Crippen LogP contribution in [0.25, 0.3) is 0 Å². The van der Waals surface area contributed by atoms with Crippen LogP contribution in [0.5, 0.6) is 0 Å². The number of hydrogen-bond donors (Lipinski definition) is 0. The molecule has 0 aromatic heterocycles. The summed E-state index contributed by atoms with van der Waals surface area (Å²) >= 11 is 0. The molecule has 64 heavy (non-hydrogen) atoms. The van der Waals surface area contributed by atoms with Crippen molar-refractivity contribution in [1.29, 1.82) is 0 Å². The van der Waals surface area contributed by atoms with Crippen LogP contribution in [0.15, 0.2) is 0 Å². The maximum atomic E-state index is 12.8. The van der Waals surface area contributed by atoms with E-state index in [2.05, 4.69) is 47.0 Å². The number of alkyl halides is 24. The van der Waals surface area contributed by atoms with Gasteiger partial charge in [0.1, 0.15) is 0 Å². The molecule has 0 fully saturated rings. The number of hydrogen-bond acceptors (Lipinski definition) is 10. The zero-order valence-electron chi connectivity index (χ0n) is 32.8. The van der Waals surface area contributed by atoms with E-state index in [9.17, 15) is 105 Å². The van der Waals surface area contributed by atoms with Crippen molar-refractivity contribution in [3.63, 3.8) is 0 Å². The Hall–Kier alpha value is 0.387. The summed E-state index contributed by atoms with van der Waals surface area (Å²) in [6.45, 7) is -4.35. The van der Waals surface area contributed by atoms with Gasteiger partial charge in [-0.25, -0.2) is 0 Å². The monoisotopic (exact) mass is 1100 g/mol. The van der Waals surface area contributed by atoms with Crippen molar-refractivity contribution in [3.05, 3.63) is 0 Å². The van der Waals surface area contributed by atoms with Gasteiger partial charge >= 0.3 is 102 Å². The molecule has 0 atom stereocenters. The fraction of sp³-hybridized carbons (Fsp3) is 1.00. The van der Waals surface area contributed by atoms with E-state index < -0.39 is 80.8 Å². The van der Waals surface area contributed by atoms with Gasteiger partial charge < -0.3 is 84.3 Å². The van der Waals surface area contributed by atoms with E-state index in [0.29, 0.717) is 39.6 Å². The van der Waals surface area contributed by atoms with Gasteiger partial charge in [-0.2, -0.15) is 105 Å². The van der Waals surface area contributed by atoms with Crippen LogP contribution in [-0.2, 0) is 47.0 Å². The summed E-state index contributed by atoms with van der Waals surface area (Å²) in [5.41, 5.74) is 0. The Morgan fingerprint density at radius 3 is 0.422 bits per heavy atom. The molecule has 0 aliphatic carbocycles. The second-order valence-corrected chi connectivity index (χ2v) is 9.93. The zero-order chi connectivity index (χ0) is 48.1. The standard InChI is InChI=1S/C12H4BF24O4.3C4H10O2.3ClH.2Mg/c14-5(15,16)1(6(17,18)19)38-13(39-2(7(20,21)22)8(23,24)25,40-3(9(26,27)28)10(29,30)31)41-4(11(32,33)34)12(35,36)37;3*1-5-3-4-6-2;;;;;/h1-4H;3*3-4H2,1-2H3;3*1H;;/q-1;;;;;;;2*+2/p-3. The predicted octanol–water partition coefficient (Wildman–Crippen LogP) is -1.45. The average molecular weight is 1100 g/mol. The molecular weight excluding hydrogens is 1070 g/mol. The van der Waals surface area contributed by atoms with Gasteiger partial charge in [-0.15, -0.1) is 0 Å². The minimum atomic E-state index is -8.49. The molecule has 0 saturated carbocycles. The first-order valence-electron chi connectivity index (χ1n) is 14.4. The SMILES string of the molecule is COCCOC.COCCOC.COCCOC.FC(F)(F)C(O[B-](OC(C(F)(F)F)C(F)(F)F)(OC(C(F)(F)F)C(F)(F)F)OC(C(F)(F)F)C(F)(F)F)C(F)(F)F.[Cl-].[Cl-].[Cl-].[Mg+2].[Mg+2]. The van der Waals surface area contributed by atoms with Crippen LogP contribution in [0.4, 0.5) is 105 Å². The van der Waals surface area contributed by atoms with Crippen molar-refractivity contribution in [2.75, 3.05) is 82.3 Å². The summed E-state index contributed by atoms with van der Waals surface area (Å²) < 4.78 is 345. The second kappa shape index (κ2) is 36.3. The van der Waals surface area contributed by atoms with Gasteiger partial charge in [0.25, 0.3) is 0 Å². The summed E-state index contributed by atoms with van der Waals surface area (Å²) in [6.07, 6.45) is -85.7. The Morgan fingerprint density at radius 2 is 0.359 bits per heavy atom. The smallest absolute Gasteiger partial charge is 1.00 e. The van der Waals surface area contributed by atoms with Gasteiger partial charge in [-0.1, -0.05) is 0 Å². The molecule has 0 heterocycles. The number of methoxy groups -OCH3 is 6. The van der Waals surface area contributed by atoms with E-state index >= 15 is 0 Å². The molecule has 0 rings (SSSR count). The Bertz CT molecular complexity index is 860. The molecule has 0 saturated heterocycles. The van der Waals surface area contributed by atoms with Gasteiger partial charge in [0, 0.05) is 42.7 Å². The van der Waals surface area contributed by atoms with Crippen LogP contribution in [0.2, 0.25) is 0 Å². The van der Waals surface area contributed by atoms with Gasteiger partial charge in [0.15, 0.2) is 0 Å².